The molecule has 2 aliphatic heterocycles. The molecule has 0 saturated carbocycles. The van der Waals surface area contributed by atoms with Crippen LogP contribution in [0.25, 0.3) is 0 Å². The van der Waals surface area contributed by atoms with Crippen LogP contribution in [0.15, 0.2) is 0 Å². The second-order valence-electron chi connectivity index (χ2n) is 4.60. The smallest absolute Gasteiger partial charge is 0.358 e. The fraction of sp³-hybridized carbons (Fsp3) is 0.636. The van der Waals surface area contributed by atoms with Gasteiger partial charge >= 0.3 is 5.97 Å². The minimum absolute atomic E-state index is 0.321. The Kier molecular flexibility index (Phi) is 1.89. The molecule has 2 aliphatic rings. The van der Waals surface area contributed by atoms with Crippen molar-refractivity contribution in [3.63, 3.8) is 0 Å². The first-order chi connectivity index (χ1) is 7.63. The van der Waals surface area contributed by atoms with Gasteiger partial charge in [-0.15, -0.1) is 0 Å². The maximum atomic E-state index is 11.7. The van der Waals surface area contributed by atoms with Gasteiger partial charge in [-0.05, 0) is 20.4 Å². The molecular formula is C11H15N3O2. The largest absolute Gasteiger partial charge is 0.464 e. The van der Waals surface area contributed by atoms with Crippen molar-refractivity contribution in [1.29, 1.82) is 0 Å². The summed E-state index contributed by atoms with van der Waals surface area (Å²) in [4.78, 5) is 18.3. The van der Waals surface area contributed by atoms with E-state index in [1.54, 1.807) is 0 Å². The van der Waals surface area contributed by atoms with Gasteiger partial charge in [0, 0.05) is 12.6 Å². The molecule has 0 radical (unpaired) electrons. The van der Waals surface area contributed by atoms with E-state index in [9.17, 15) is 4.79 Å². The van der Waals surface area contributed by atoms with E-state index in [1.165, 1.54) is 7.11 Å². The van der Waals surface area contributed by atoms with Gasteiger partial charge in [0.05, 0.1) is 18.8 Å². The van der Waals surface area contributed by atoms with Gasteiger partial charge in [-0.25, -0.2) is 9.78 Å². The van der Waals surface area contributed by atoms with Crippen LogP contribution in [-0.4, -0.2) is 41.1 Å². The van der Waals surface area contributed by atoms with Gasteiger partial charge in [-0.3, -0.25) is 4.90 Å². The van der Waals surface area contributed by atoms with Gasteiger partial charge in [-0.1, -0.05) is 0 Å². The molecule has 0 N–H and O–H groups in total. The van der Waals surface area contributed by atoms with E-state index in [-0.39, 0.29) is 5.97 Å². The third-order valence-corrected chi connectivity index (χ3v) is 3.71. The number of likely N-dealkylation sites (tertiary alicyclic amines) is 1. The standard InChI is InChI=1S/C11H15N3O2/c1-6-12-9(11(15)16-3)10-8-4-7(14(6)10)5-13(8)2/h7-8H,4-5H2,1-3H3. The Morgan fingerprint density at radius 1 is 1.56 bits per heavy atom. The van der Waals surface area contributed by atoms with E-state index in [4.69, 9.17) is 4.74 Å². The van der Waals surface area contributed by atoms with Crippen LogP contribution < -0.4 is 0 Å². The van der Waals surface area contributed by atoms with Crippen molar-refractivity contribution in [1.82, 2.24) is 14.5 Å². The van der Waals surface area contributed by atoms with Gasteiger partial charge in [0.1, 0.15) is 5.82 Å². The van der Waals surface area contributed by atoms with Gasteiger partial charge in [0.15, 0.2) is 5.69 Å². The van der Waals surface area contributed by atoms with Crippen LogP contribution in [-0.2, 0) is 4.74 Å². The predicted octanol–water partition coefficient (Wildman–Crippen LogP) is 0.909. The Balaban J connectivity index is 2.15. The van der Waals surface area contributed by atoms with E-state index in [0.29, 0.717) is 17.8 Å². The van der Waals surface area contributed by atoms with Crippen molar-refractivity contribution in [3.8, 4) is 0 Å². The molecule has 0 aliphatic carbocycles. The topological polar surface area (TPSA) is 47.4 Å². The number of methoxy groups -OCH3 is 1. The Morgan fingerprint density at radius 2 is 2.31 bits per heavy atom. The van der Waals surface area contributed by atoms with E-state index in [1.807, 2.05) is 6.92 Å². The monoisotopic (exact) mass is 221 g/mol. The summed E-state index contributed by atoms with van der Waals surface area (Å²) in [6.07, 6.45) is 1.10. The highest BCUT2D eigenvalue weighted by Gasteiger charge is 2.45. The highest BCUT2D eigenvalue weighted by atomic mass is 16.5. The van der Waals surface area contributed by atoms with Crippen molar-refractivity contribution in [2.45, 2.75) is 25.4 Å². The molecule has 1 aromatic heterocycles. The highest BCUT2D eigenvalue weighted by molar-refractivity contribution is 5.89. The average molecular weight is 221 g/mol. The number of fused-ring (bicyclic) bond motifs is 5. The number of ether oxygens (including phenoxy) is 1. The first-order valence-corrected chi connectivity index (χ1v) is 5.50. The fourth-order valence-corrected chi connectivity index (χ4v) is 3.07. The fourth-order valence-electron chi connectivity index (χ4n) is 3.07. The van der Waals surface area contributed by atoms with Crippen LogP contribution in [0, 0.1) is 6.92 Å². The number of hydrogen-bond acceptors (Lipinski definition) is 4. The minimum Gasteiger partial charge on any atom is -0.464 e. The molecular weight excluding hydrogens is 206 g/mol. The summed E-state index contributed by atoms with van der Waals surface area (Å²) in [6, 6.07) is 0.816. The summed E-state index contributed by atoms with van der Waals surface area (Å²) in [5.41, 5.74) is 1.54. The van der Waals surface area contributed by atoms with Crippen molar-refractivity contribution in [2.24, 2.45) is 0 Å². The normalized spacial score (nSPS) is 27.2. The molecule has 2 unspecified atom stereocenters. The van der Waals surface area contributed by atoms with E-state index >= 15 is 0 Å². The second kappa shape index (κ2) is 3.07. The average Bonchev–Trinajstić information content (AvgIpc) is 2.88. The summed E-state index contributed by atoms with van der Waals surface area (Å²) >= 11 is 0. The Bertz CT molecular complexity index is 466. The van der Waals surface area contributed by atoms with Gasteiger partial charge in [0.25, 0.3) is 0 Å². The van der Waals surface area contributed by atoms with Crippen molar-refractivity contribution in [2.75, 3.05) is 20.7 Å². The predicted molar refractivity (Wildman–Crippen MR) is 57.3 cm³/mol. The van der Waals surface area contributed by atoms with Gasteiger partial charge in [-0.2, -0.15) is 0 Å². The summed E-state index contributed by atoms with van der Waals surface area (Å²) < 4.78 is 6.99. The van der Waals surface area contributed by atoms with Crippen molar-refractivity contribution >= 4 is 5.97 Å². The van der Waals surface area contributed by atoms with Crippen LogP contribution >= 0.6 is 0 Å². The Labute approximate surface area is 94.0 Å². The van der Waals surface area contributed by atoms with E-state index in [2.05, 4.69) is 21.5 Å². The van der Waals surface area contributed by atoms with Crippen LogP contribution in [0.3, 0.4) is 0 Å². The second-order valence-corrected chi connectivity index (χ2v) is 4.60. The third kappa shape index (κ3) is 1.04. The summed E-state index contributed by atoms with van der Waals surface area (Å²) in [5.74, 6) is 0.605. The first kappa shape index (κ1) is 9.84. The number of aromatic nitrogens is 2. The lowest BCUT2D eigenvalue weighted by molar-refractivity contribution is 0.0591. The molecule has 5 nitrogen and oxygen atoms in total. The SMILES string of the molecule is COC(=O)c1nc(C)n2c1C1CC2CN1C. The van der Waals surface area contributed by atoms with Crippen LogP contribution in [0.1, 0.15) is 40.5 Å². The number of aryl methyl sites for hydroxylation is 1. The summed E-state index contributed by atoms with van der Waals surface area (Å²) in [5, 5.41) is 0. The molecule has 2 atom stereocenters. The maximum Gasteiger partial charge on any atom is 0.358 e. The molecule has 5 heteroatoms. The first-order valence-electron chi connectivity index (χ1n) is 5.50. The quantitative estimate of drug-likeness (QED) is 0.661. The number of nitrogens with zero attached hydrogens (tertiary/aromatic N) is 3. The number of rotatable bonds is 1. The molecule has 0 aromatic carbocycles. The summed E-state index contributed by atoms with van der Waals surface area (Å²) in [7, 11) is 3.50. The van der Waals surface area contributed by atoms with Crippen LogP contribution in [0.4, 0.5) is 0 Å². The number of imidazole rings is 1. The molecule has 16 heavy (non-hydrogen) atoms. The third-order valence-electron chi connectivity index (χ3n) is 3.71. The zero-order valence-electron chi connectivity index (χ0n) is 9.73. The maximum absolute atomic E-state index is 11.7. The lowest BCUT2D eigenvalue weighted by Crippen LogP contribution is -2.27. The molecule has 1 saturated heterocycles. The Morgan fingerprint density at radius 3 is 3.00 bits per heavy atom. The minimum atomic E-state index is -0.321. The number of carbonyl (C=O) groups excluding carboxylic acids is 1. The molecule has 1 aromatic rings. The zero-order valence-corrected chi connectivity index (χ0v) is 9.73. The number of hydrogen-bond donors (Lipinski definition) is 0. The molecule has 2 bridgehead atoms. The van der Waals surface area contributed by atoms with E-state index in [0.717, 1.165) is 24.5 Å². The lowest BCUT2D eigenvalue weighted by atomic mass is 10.1. The van der Waals surface area contributed by atoms with Gasteiger partial charge in [0.2, 0.25) is 0 Å². The van der Waals surface area contributed by atoms with Crippen molar-refractivity contribution < 1.29 is 9.53 Å². The molecule has 86 valence electrons. The van der Waals surface area contributed by atoms with Crippen LogP contribution in [0.2, 0.25) is 0 Å². The van der Waals surface area contributed by atoms with Crippen molar-refractivity contribution in [3.05, 3.63) is 17.2 Å². The highest BCUT2D eigenvalue weighted by Crippen LogP contribution is 2.46. The molecule has 0 amide bonds. The number of esters is 1. The number of carbonyl (C=O) groups is 1. The van der Waals surface area contributed by atoms with E-state index < -0.39 is 0 Å². The molecule has 3 rings (SSSR count). The summed E-state index contributed by atoms with van der Waals surface area (Å²) in [6.45, 7) is 3.01. The molecule has 1 fully saturated rings. The lowest BCUT2D eigenvalue weighted by Gasteiger charge is -2.24. The van der Waals surface area contributed by atoms with Crippen LogP contribution in [0.5, 0.6) is 0 Å². The number of likely N-dealkylation sites (N-methyl/N-ethyl adjacent to an activating group) is 1. The molecule has 0 spiro atoms. The van der Waals surface area contributed by atoms with Gasteiger partial charge < -0.3 is 9.30 Å². The zero-order chi connectivity index (χ0) is 11.4. The molecule has 3 heterocycles. The Hall–Kier alpha value is -1.36.